The van der Waals surface area contributed by atoms with Crippen LogP contribution >= 0.6 is 0 Å². The number of furan rings is 1. The van der Waals surface area contributed by atoms with E-state index in [9.17, 15) is 9.18 Å². The fourth-order valence-corrected chi connectivity index (χ4v) is 2.03. The molecule has 0 radical (unpaired) electrons. The zero-order valence-corrected chi connectivity index (χ0v) is 12.0. The maximum absolute atomic E-state index is 12.9. The minimum atomic E-state index is -0.867. The van der Waals surface area contributed by atoms with Gasteiger partial charge in [-0.05, 0) is 50.2 Å². The van der Waals surface area contributed by atoms with Gasteiger partial charge in [-0.3, -0.25) is 9.69 Å². The van der Waals surface area contributed by atoms with E-state index in [2.05, 4.69) is 0 Å². The van der Waals surface area contributed by atoms with E-state index in [1.165, 1.54) is 12.1 Å². The molecule has 0 unspecified atom stereocenters. The van der Waals surface area contributed by atoms with Crippen molar-refractivity contribution in [1.29, 1.82) is 0 Å². The van der Waals surface area contributed by atoms with Crippen molar-refractivity contribution in [3.8, 4) is 11.3 Å². The number of aliphatic carboxylic acids is 1. The first kappa shape index (κ1) is 15.3. The van der Waals surface area contributed by atoms with E-state index < -0.39 is 5.97 Å². The minimum Gasteiger partial charge on any atom is -0.480 e. The van der Waals surface area contributed by atoms with Crippen LogP contribution in [0.25, 0.3) is 11.3 Å². The van der Waals surface area contributed by atoms with Gasteiger partial charge in [-0.25, -0.2) is 4.39 Å². The molecule has 2 aromatic rings. The lowest BCUT2D eigenvalue weighted by Gasteiger charge is -2.23. The molecule has 0 aliphatic carbocycles. The third-order valence-corrected chi connectivity index (χ3v) is 3.22. The van der Waals surface area contributed by atoms with Gasteiger partial charge in [-0.15, -0.1) is 0 Å². The van der Waals surface area contributed by atoms with E-state index in [1.807, 2.05) is 26.0 Å². The normalized spacial score (nSPS) is 11.3. The van der Waals surface area contributed by atoms with Gasteiger partial charge in [-0.1, -0.05) is 0 Å². The Labute approximate surface area is 122 Å². The molecule has 0 fully saturated rings. The molecule has 1 heterocycles. The van der Waals surface area contributed by atoms with Crippen LogP contribution in [-0.2, 0) is 11.3 Å². The molecule has 1 aromatic carbocycles. The Bertz CT molecular complexity index is 604. The van der Waals surface area contributed by atoms with E-state index in [0.29, 0.717) is 18.1 Å². The highest BCUT2D eigenvalue weighted by atomic mass is 19.1. The Morgan fingerprint density at radius 3 is 2.48 bits per heavy atom. The SMILES string of the molecule is CC(C)N(CC(=O)O)Cc1ccc(-c2ccc(F)cc2)o1. The second-order valence-corrected chi connectivity index (χ2v) is 5.17. The molecule has 0 bridgehead atoms. The van der Waals surface area contributed by atoms with Crippen molar-refractivity contribution < 1.29 is 18.7 Å². The zero-order chi connectivity index (χ0) is 15.4. The number of nitrogens with zero attached hydrogens (tertiary/aromatic N) is 1. The second kappa shape index (κ2) is 6.54. The van der Waals surface area contributed by atoms with Crippen LogP contribution in [0.3, 0.4) is 0 Å². The molecule has 0 spiro atoms. The molecule has 1 aromatic heterocycles. The molecule has 21 heavy (non-hydrogen) atoms. The van der Waals surface area contributed by atoms with Crippen LogP contribution < -0.4 is 0 Å². The highest BCUT2D eigenvalue weighted by Crippen LogP contribution is 2.23. The highest BCUT2D eigenvalue weighted by molar-refractivity contribution is 5.69. The fraction of sp³-hybridized carbons (Fsp3) is 0.312. The van der Waals surface area contributed by atoms with E-state index in [4.69, 9.17) is 9.52 Å². The molecule has 0 amide bonds. The van der Waals surface area contributed by atoms with Crippen LogP contribution in [0.2, 0.25) is 0 Å². The summed E-state index contributed by atoms with van der Waals surface area (Å²) < 4.78 is 18.6. The van der Waals surface area contributed by atoms with Gasteiger partial charge < -0.3 is 9.52 Å². The first-order valence-corrected chi connectivity index (χ1v) is 6.76. The van der Waals surface area contributed by atoms with Gasteiger partial charge in [0.1, 0.15) is 17.3 Å². The molecule has 112 valence electrons. The first-order valence-electron chi connectivity index (χ1n) is 6.76. The summed E-state index contributed by atoms with van der Waals surface area (Å²) in [6.45, 7) is 4.26. The summed E-state index contributed by atoms with van der Waals surface area (Å²) in [6.07, 6.45) is 0. The number of carboxylic acid groups (broad SMARTS) is 1. The number of hydrogen-bond donors (Lipinski definition) is 1. The summed E-state index contributed by atoms with van der Waals surface area (Å²) in [4.78, 5) is 12.7. The topological polar surface area (TPSA) is 53.7 Å². The molecule has 4 nitrogen and oxygen atoms in total. The number of benzene rings is 1. The van der Waals surface area contributed by atoms with Crippen LogP contribution in [-0.4, -0.2) is 28.6 Å². The minimum absolute atomic E-state index is 0.0375. The average Bonchev–Trinajstić information content (AvgIpc) is 2.87. The summed E-state index contributed by atoms with van der Waals surface area (Å²) in [6, 6.07) is 9.77. The van der Waals surface area contributed by atoms with Crippen molar-refractivity contribution in [2.75, 3.05) is 6.54 Å². The molecule has 0 saturated carbocycles. The largest absolute Gasteiger partial charge is 0.480 e. The third-order valence-electron chi connectivity index (χ3n) is 3.22. The van der Waals surface area contributed by atoms with Crippen LogP contribution in [0.1, 0.15) is 19.6 Å². The molecule has 1 N–H and O–H groups in total. The highest BCUT2D eigenvalue weighted by Gasteiger charge is 2.16. The van der Waals surface area contributed by atoms with Crippen LogP contribution in [0.15, 0.2) is 40.8 Å². The third kappa shape index (κ3) is 4.16. The summed E-state index contributed by atoms with van der Waals surface area (Å²) >= 11 is 0. The maximum Gasteiger partial charge on any atom is 0.317 e. The van der Waals surface area contributed by atoms with Crippen molar-refractivity contribution in [3.05, 3.63) is 48.0 Å². The van der Waals surface area contributed by atoms with Crippen molar-refractivity contribution in [2.24, 2.45) is 0 Å². The molecule has 0 atom stereocenters. The van der Waals surface area contributed by atoms with Crippen LogP contribution in [0.4, 0.5) is 4.39 Å². The standard InChI is InChI=1S/C16H18FNO3/c1-11(2)18(10-16(19)20)9-14-7-8-15(21-14)12-3-5-13(17)6-4-12/h3-8,11H,9-10H2,1-2H3,(H,19,20). The summed E-state index contributed by atoms with van der Waals surface area (Å²) in [7, 11) is 0. The predicted octanol–water partition coefficient (Wildman–Crippen LogP) is 3.38. The maximum atomic E-state index is 12.9. The molecule has 2 rings (SSSR count). The van der Waals surface area contributed by atoms with Gasteiger partial charge in [0.15, 0.2) is 0 Å². The average molecular weight is 291 g/mol. The lowest BCUT2D eigenvalue weighted by molar-refractivity contribution is -0.139. The zero-order valence-electron chi connectivity index (χ0n) is 12.0. The van der Waals surface area contributed by atoms with Crippen LogP contribution in [0, 0.1) is 5.82 Å². The van der Waals surface area contributed by atoms with Gasteiger partial charge in [0.05, 0.1) is 13.1 Å². The molecular formula is C16H18FNO3. The lowest BCUT2D eigenvalue weighted by atomic mass is 10.2. The van der Waals surface area contributed by atoms with Crippen molar-refractivity contribution >= 4 is 5.97 Å². The smallest absolute Gasteiger partial charge is 0.317 e. The van der Waals surface area contributed by atoms with Gasteiger partial charge in [-0.2, -0.15) is 0 Å². The monoisotopic (exact) mass is 291 g/mol. The number of carboxylic acids is 1. The number of halogens is 1. The molecule has 0 saturated heterocycles. The Hall–Kier alpha value is -2.14. The Morgan fingerprint density at radius 2 is 1.90 bits per heavy atom. The van der Waals surface area contributed by atoms with Crippen LogP contribution in [0.5, 0.6) is 0 Å². The molecular weight excluding hydrogens is 273 g/mol. The van der Waals surface area contributed by atoms with Gasteiger partial charge in [0.25, 0.3) is 0 Å². The predicted molar refractivity (Wildman–Crippen MR) is 77.3 cm³/mol. The van der Waals surface area contributed by atoms with E-state index >= 15 is 0 Å². The lowest BCUT2D eigenvalue weighted by Crippen LogP contribution is -2.34. The van der Waals surface area contributed by atoms with E-state index in [0.717, 1.165) is 5.56 Å². The van der Waals surface area contributed by atoms with E-state index in [1.54, 1.807) is 17.0 Å². The number of carbonyl (C=O) groups is 1. The van der Waals surface area contributed by atoms with Gasteiger partial charge in [0.2, 0.25) is 0 Å². The molecule has 0 aliphatic heterocycles. The Balaban J connectivity index is 2.11. The summed E-state index contributed by atoms with van der Waals surface area (Å²) in [5.41, 5.74) is 0.789. The van der Waals surface area contributed by atoms with Gasteiger partial charge in [0, 0.05) is 11.6 Å². The van der Waals surface area contributed by atoms with E-state index in [-0.39, 0.29) is 18.4 Å². The van der Waals surface area contributed by atoms with Crippen molar-refractivity contribution in [1.82, 2.24) is 4.90 Å². The summed E-state index contributed by atoms with van der Waals surface area (Å²) in [5, 5.41) is 8.91. The van der Waals surface area contributed by atoms with Crippen molar-refractivity contribution in [3.63, 3.8) is 0 Å². The summed E-state index contributed by atoms with van der Waals surface area (Å²) in [5.74, 6) is 0.167. The Kier molecular flexibility index (Phi) is 4.75. The Morgan fingerprint density at radius 1 is 1.24 bits per heavy atom. The second-order valence-electron chi connectivity index (χ2n) is 5.17. The molecule has 0 aliphatic rings. The molecule has 5 heteroatoms. The number of rotatable bonds is 6. The quantitative estimate of drug-likeness (QED) is 0.886. The number of hydrogen-bond acceptors (Lipinski definition) is 3. The fourth-order valence-electron chi connectivity index (χ4n) is 2.03. The van der Waals surface area contributed by atoms with Crippen molar-refractivity contribution in [2.45, 2.75) is 26.4 Å². The first-order chi connectivity index (χ1) is 9.95. The van der Waals surface area contributed by atoms with Gasteiger partial charge >= 0.3 is 5.97 Å².